The molecular formula is C28H43NO3. The highest BCUT2D eigenvalue weighted by atomic mass is 16.4. The van der Waals surface area contributed by atoms with Crippen molar-refractivity contribution in [1.29, 1.82) is 0 Å². The molecule has 1 amide bonds. The van der Waals surface area contributed by atoms with Gasteiger partial charge in [0.05, 0.1) is 0 Å². The third-order valence-corrected chi connectivity index (χ3v) is 6.49. The zero-order chi connectivity index (χ0) is 23.0. The van der Waals surface area contributed by atoms with Gasteiger partial charge in [-0.2, -0.15) is 0 Å². The number of aliphatic carboxylic acids is 1. The molecule has 1 heterocycles. The molecule has 4 nitrogen and oxygen atoms in total. The molecule has 0 aromatic heterocycles. The molecular weight excluding hydrogens is 398 g/mol. The van der Waals surface area contributed by atoms with Crippen molar-refractivity contribution in [2.75, 3.05) is 6.54 Å². The highest BCUT2D eigenvalue weighted by Crippen LogP contribution is 2.30. The first-order valence-electron chi connectivity index (χ1n) is 12.9. The minimum atomic E-state index is -0.935. The third kappa shape index (κ3) is 9.18. The van der Waals surface area contributed by atoms with Gasteiger partial charge in [-0.25, -0.2) is 4.79 Å². The van der Waals surface area contributed by atoms with Crippen LogP contribution in [-0.4, -0.2) is 28.4 Å². The van der Waals surface area contributed by atoms with Gasteiger partial charge in [-0.15, -0.1) is 0 Å². The number of hydrogen-bond donors (Lipinski definition) is 1. The van der Waals surface area contributed by atoms with Gasteiger partial charge < -0.3 is 10.0 Å². The minimum absolute atomic E-state index is 0.0236. The second-order valence-electron chi connectivity index (χ2n) is 9.11. The number of unbranched alkanes of at least 4 members (excludes halogenated alkanes) is 11. The number of hydrogen-bond acceptors (Lipinski definition) is 2. The van der Waals surface area contributed by atoms with Crippen LogP contribution < -0.4 is 0 Å². The molecule has 2 rings (SSSR count). The summed E-state index contributed by atoms with van der Waals surface area (Å²) in [5, 5.41) is 9.71. The average molecular weight is 442 g/mol. The summed E-state index contributed by atoms with van der Waals surface area (Å²) in [5.41, 5.74) is 1.81. The summed E-state index contributed by atoms with van der Waals surface area (Å²) in [6.45, 7) is 2.76. The molecule has 0 bridgehead atoms. The zero-order valence-electron chi connectivity index (χ0n) is 20.1. The number of allylic oxidation sites excluding steroid dienone is 2. The summed E-state index contributed by atoms with van der Waals surface area (Å²) in [5.74, 6) is -0.959. The van der Waals surface area contributed by atoms with Crippen LogP contribution in [0.1, 0.15) is 114 Å². The second-order valence-corrected chi connectivity index (χ2v) is 9.11. The van der Waals surface area contributed by atoms with Gasteiger partial charge in [0.2, 0.25) is 5.91 Å². The Kier molecular flexibility index (Phi) is 12.8. The Balaban J connectivity index is 1.54. The smallest absolute Gasteiger partial charge is 0.331 e. The number of nitrogens with zero attached hydrogens (tertiary/aromatic N) is 1. The number of carbonyl (C=O) groups is 2. The molecule has 1 atom stereocenters. The molecule has 1 aliphatic rings. The molecule has 1 N–H and O–H groups in total. The van der Waals surface area contributed by atoms with E-state index >= 15 is 0 Å². The van der Waals surface area contributed by atoms with Crippen LogP contribution in [0.25, 0.3) is 0 Å². The van der Waals surface area contributed by atoms with Crippen LogP contribution >= 0.6 is 0 Å². The SMILES string of the molecule is CCCCCCCC/C=C\CCCCCCCC(=O)N1CCc2ccccc2C1C(=O)O. The lowest BCUT2D eigenvalue weighted by molar-refractivity contribution is -0.151. The molecule has 178 valence electrons. The first kappa shape index (κ1) is 26.2. The number of carboxylic acid groups (broad SMARTS) is 1. The van der Waals surface area contributed by atoms with E-state index in [4.69, 9.17) is 0 Å². The molecule has 1 aromatic rings. The van der Waals surface area contributed by atoms with E-state index in [0.717, 1.165) is 43.2 Å². The highest BCUT2D eigenvalue weighted by Gasteiger charge is 2.35. The first-order valence-corrected chi connectivity index (χ1v) is 12.9. The fourth-order valence-electron chi connectivity index (χ4n) is 4.59. The fraction of sp³-hybridized carbons (Fsp3) is 0.643. The lowest BCUT2D eigenvalue weighted by Gasteiger charge is -2.34. The third-order valence-electron chi connectivity index (χ3n) is 6.49. The molecule has 1 unspecified atom stereocenters. The van der Waals surface area contributed by atoms with E-state index in [9.17, 15) is 14.7 Å². The molecule has 0 radical (unpaired) electrons. The van der Waals surface area contributed by atoms with Crippen LogP contribution in [-0.2, 0) is 16.0 Å². The lowest BCUT2D eigenvalue weighted by Crippen LogP contribution is -2.43. The summed E-state index contributed by atoms with van der Waals surface area (Å²) in [7, 11) is 0. The summed E-state index contributed by atoms with van der Waals surface area (Å²) < 4.78 is 0. The van der Waals surface area contributed by atoms with Crippen molar-refractivity contribution < 1.29 is 14.7 Å². The van der Waals surface area contributed by atoms with E-state index in [1.165, 1.54) is 57.8 Å². The Morgan fingerprint density at radius 3 is 2.16 bits per heavy atom. The monoisotopic (exact) mass is 441 g/mol. The van der Waals surface area contributed by atoms with Crippen LogP contribution in [0.4, 0.5) is 0 Å². The Morgan fingerprint density at radius 2 is 1.50 bits per heavy atom. The summed E-state index contributed by atoms with van der Waals surface area (Å²) >= 11 is 0. The molecule has 0 saturated carbocycles. The predicted molar refractivity (Wildman–Crippen MR) is 132 cm³/mol. The number of rotatable bonds is 16. The Morgan fingerprint density at radius 1 is 0.906 bits per heavy atom. The van der Waals surface area contributed by atoms with Crippen molar-refractivity contribution in [3.63, 3.8) is 0 Å². The summed E-state index contributed by atoms with van der Waals surface area (Å²) in [4.78, 5) is 26.1. The molecule has 32 heavy (non-hydrogen) atoms. The standard InChI is InChI=1S/C28H43NO3/c1-2-3-4-5-6-7-8-9-10-11-12-13-14-15-16-21-26(30)29-23-22-24-19-17-18-20-25(24)27(29)28(31)32/h9-10,17-20,27H,2-8,11-16,21-23H2,1H3,(H,31,32)/b10-9-. The van der Waals surface area contributed by atoms with Gasteiger partial charge in [0.15, 0.2) is 6.04 Å². The van der Waals surface area contributed by atoms with Crippen molar-refractivity contribution in [2.45, 2.75) is 109 Å². The van der Waals surface area contributed by atoms with Crippen LogP contribution in [0.3, 0.4) is 0 Å². The molecule has 1 aromatic carbocycles. The van der Waals surface area contributed by atoms with E-state index in [1.807, 2.05) is 24.3 Å². The molecule has 0 spiro atoms. The quantitative estimate of drug-likeness (QED) is 0.217. The molecule has 0 saturated heterocycles. The molecule has 0 aliphatic carbocycles. The molecule has 4 heteroatoms. The number of carboxylic acids is 1. The topological polar surface area (TPSA) is 57.6 Å². The average Bonchev–Trinajstić information content (AvgIpc) is 2.80. The van der Waals surface area contributed by atoms with Gasteiger partial charge in [0.1, 0.15) is 0 Å². The second kappa shape index (κ2) is 15.7. The maximum Gasteiger partial charge on any atom is 0.331 e. The summed E-state index contributed by atoms with van der Waals surface area (Å²) in [6.07, 6.45) is 21.8. The Hall–Kier alpha value is -2.10. The summed E-state index contributed by atoms with van der Waals surface area (Å²) in [6, 6.07) is 6.76. The van der Waals surface area contributed by atoms with E-state index in [-0.39, 0.29) is 5.91 Å². The molecule has 0 fully saturated rings. The molecule has 1 aliphatic heterocycles. The van der Waals surface area contributed by atoms with Crippen molar-refractivity contribution in [3.8, 4) is 0 Å². The maximum atomic E-state index is 12.7. The van der Waals surface area contributed by atoms with Crippen molar-refractivity contribution in [1.82, 2.24) is 4.90 Å². The first-order chi connectivity index (χ1) is 15.6. The zero-order valence-corrected chi connectivity index (χ0v) is 20.1. The van der Waals surface area contributed by atoms with E-state index in [2.05, 4.69) is 19.1 Å². The number of amides is 1. The highest BCUT2D eigenvalue weighted by molar-refractivity contribution is 5.85. The Bertz CT molecular complexity index is 712. The van der Waals surface area contributed by atoms with Gasteiger partial charge in [-0.1, -0.05) is 94.7 Å². The van der Waals surface area contributed by atoms with Gasteiger partial charge in [0.25, 0.3) is 0 Å². The predicted octanol–water partition coefficient (Wildman–Crippen LogP) is 7.23. The normalized spacial score (nSPS) is 15.8. The van der Waals surface area contributed by atoms with Crippen LogP contribution in [0.2, 0.25) is 0 Å². The fourth-order valence-corrected chi connectivity index (χ4v) is 4.59. The maximum absolute atomic E-state index is 12.7. The van der Waals surface area contributed by atoms with Gasteiger partial charge in [-0.05, 0) is 49.7 Å². The van der Waals surface area contributed by atoms with Crippen molar-refractivity contribution >= 4 is 11.9 Å². The minimum Gasteiger partial charge on any atom is -0.479 e. The van der Waals surface area contributed by atoms with Gasteiger partial charge in [-0.3, -0.25) is 4.79 Å². The van der Waals surface area contributed by atoms with Gasteiger partial charge >= 0.3 is 5.97 Å². The van der Waals surface area contributed by atoms with E-state index in [0.29, 0.717) is 13.0 Å². The van der Waals surface area contributed by atoms with Crippen LogP contribution in [0.5, 0.6) is 0 Å². The van der Waals surface area contributed by atoms with E-state index < -0.39 is 12.0 Å². The number of fused-ring (bicyclic) bond motifs is 1. The largest absolute Gasteiger partial charge is 0.479 e. The lowest BCUT2D eigenvalue weighted by atomic mass is 9.92. The van der Waals surface area contributed by atoms with Crippen LogP contribution in [0.15, 0.2) is 36.4 Å². The Labute approximate surface area is 195 Å². The van der Waals surface area contributed by atoms with E-state index in [1.54, 1.807) is 4.90 Å². The van der Waals surface area contributed by atoms with Crippen LogP contribution in [0, 0.1) is 0 Å². The number of benzene rings is 1. The van der Waals surface area contributed by atoms with Crippen molar-refractivity contribution in [3.05, 3.63) is 47.5 Å². The number of carbonyl (C=O) groups excluding carboxylic acids is 1. The van der Waals surface area contributed by atoms with Crippen molar-refractivity contribution in [2.24, 2.45) is 0 Å². The van der Waals surface area contributed by atoms with Gasteiger partial charge in [0, 0.05) is 13.0 Å².